The molecule has 0 atom stereocenters. The highest BCUT2D eigenvalue weighted by atomic mass is 16.5. The van der Waals surface area contributed by atoms with Crippen LogP contribution in [0.15, 0.2) is 48.5 Å². The number of carbonyl (C=O) groups is 1. The van der Waals surface area contributed by atoms with Gasteiger partial charge in [-0.25, -0.2) is 4.79 Å². The number of benzene rings is 2. The quantitative estimate of drug-likeness (QED) is 0.914. The molecule has 0 unspecified atom stereocenters. The monoisotopic (exact) mass is 326 g/mol. The first-order valence-corrected chi connectivity index (χ1v) is 7.93. The Bertz CT molecular complexity index is 727. The van der Waals surface area contributed by atoms with Crippen LogP contribution in [0.5, 0.6) is 11.5 Å². The minimum atomic E-state index is -0.320. The summed E-state index contributed by atoms with van der Waals surface area (Å²) in [5.41, 5.74) is 1.58. The predicted octanol–water partition coefficient (Wildman–Crippen LogP) is 3.54. The summed E-state index contributed by atoms with van der Waals surface area (Å²) in [5.74, 6) is 1.36. The third-order valence-electron chi connectivity index (χ3n) is 4.48. The van der Waals surface area contributed by atoms with Crippen molar-refractivity contribution in [2.75, 3.05) is 26.2 Å². The molecule has 126 valence electrons. The van der Waals surface area contributed by atoms with Crippen molar-refractivity contribution in [2.24, 2.45) is 0 Å². The number of nitrogens with one attached hydrogen (secondary N) is 1. The van der Waals surface area contributed by atoms with Gasteiger partial charge in [0.1, 0.15) is 0 Å². The fourth-order valence-corrected chi connectivity index (χ4v) is 2.80. The second-order valence-corrected chi connectivity index (χ2v) is 5.98. The lowest BCUT2D eigenvalue weighted by Crippen LogP contribution is -2.43. The Kier molecular flexibility index (Phi) is 4.34. The lowest BCUT2D eigenvalue weighted by atomic mass is 10.0. The van der Waals surface area contributed by atoms with E-state index in [4.69, 9.17) is 9.47 Å². The van der Waals surface area contributed by atoms with Gasteiger partial charge in [0.25, 0.3) is 0 Å². The van der Waals surface area contributed by atoms with Gasteiger partial charge in [0.05, 0.1) is 19.8 Å². The number of hydrogen-bond donors (Lipinski definition) is 1. The van der Waals surface area contributed by atoms with E-state index in [-0.39, 0.29) is 11.6 Å². The summed E-state index contributed by atoms with van der Waals surface area (Å²) in [6.45, 7) is 0. The molecule has 3 rings (SSSR count). The summed E-state index contributed by atoms with van der Waals surface area (Å²) in [4.78, 5) is 14.2. The SMILES string of the molecule is COc1ccc(C2(NC(=O)N(C)c3ccccc3)CC2)cc1OC. The Morgan fingerprint density at radius 3 is 2.29 bits per heavy atom. The maximum absolute atomic E-state index is 12.6. The standard InChI is InChI=1S/C19H22N2O3/c1-21(15-7-5-4-6-8-15)18(22)20-19(11-12-19)14-9-10-16(23-2)17(13-14)24-3/h4-10,13H,11-12H2,1-3H3,(H,20,22). The molecule has 0 saturated heterocycles. The summed E-state index contributed by atoms with van der Waals surface area (Å²) >= 11 is 0. The molecule has 0 bridgehead atoms. The Balaban J connectivity index is 1.78. The third-order valence-corrected chi connectivity index (χ3v) is 4.48. The van der Waals surface area contributed by atoms with Crippen molar-refractivity contribution in [3.63, 3.8) is 0 Å². The highest BCUT2D eigenvalue weighted by Gasteiger charge is 2.46. The topological polar surface area (TPSA) is 50.8 Å². The molecule has 1 fully saturated rings. The molecular formula is C19H22N2O3. The maximum atomic E-state index is 12.6. The molecule has 1 N–H and O–H groups in total. The van der Waals surface area contributed by atoms with Gasteiger partial charge in [0.2, 0.25) is 0 Å². The zero-order valence-corrected chi connectivity index (χ0v) is 14.2. The molecule has 1 aliphatic rings. The fraction of sp³-hybridized carbons (Fsp3) is 0.316. The number of nitrogens with zero attached hydrogens (tertiary/aromatic N) is 1. The van der Waals surface area contributed by atoms with E-state index >= 15 is 0 Å². The van der Waals surface area contributed by atoms with Gasteiger partial charge in [-0.05, 0) is 42.7 Å². The Labute approximate surface area is 142 Å². The normalized spacial score (nSPS) is 14.6. The number of carbonyl (C=O) groups excluding carboxylic acids is 1. The van der Waals surface area contributed by atoms with Gasteiger partial charge < -0.3 is 14.8 Å². The maximum Gasteiger partial charge on any atom is 0.322 e. The van der Waals surface area contributed by atoms with Crippen molar-refractivity contribution in [1.82, 2.24) is 5.32 Å². The summed E-state index contributed by atoms with van der Waals surface area (Å²) in [5, 5.41) is 3.16. The van der Waals surface area contributed by atoms with E-state index in [1.165, 1.54) is 0 Å². The molecule has 1 aliphatic carbocycles. The summed E-state index contributed by atoms with van der Waals surface area (Å²) < 4.78 is 10.7. The minimum absolute atomic E-state index is 0.117. The lowest BCUT2D eigenvalue weighted by Gasteiger charge is -2.24. The first-order valence-electron chi connectivity index (χ1n) is 7.93. The molecule has 0 aliphatic heterocycles. The number of urea groups is 1. The van der Waals surface area contributed by atoms with E-state index in [0.29, 0.717) is 11.5 Å². The largest absolute Gasteiger partial charge is 0.493 e. The van der Waals surface area contributed by atoms with Gasteiger partial charge in [-0.2, -0.15) is 0 Å². The van der Waals surface area contributed by atoms with Gasteiger partial charge in [-0.3, -0.25) is 4.90 Å². The van der Waals surface area contributed by atoms with Crippen LogP contribution in [0.3, 0.4) is 0 Å². The van der Waals surface area contributed by atoms with Crippen LogP contribution in [0.2, 0.25) is 0 Å². The van der Waals surface area contributed by atoms with Crippen LogP contribution in [-0.2, 0) is 5.54 Å². The first-order chi connectivity index (χ1) is 11.6. The van der Waals surface area contributed by atoms with Crippen molar-refractivity contribution >= 4 is 11.7 Å². The third kappa shape index (κ3) is 3.02. The summed E-state index contributed by atoms with van der Waals surface area (Å²) in [7, 11) is 5.00. The Hall–Kier alpha value is -2.69. The average molecular weight is 326 g/mol. The van der Waals surface area contributed by atoms with Gasteiger partial charge in [-0.15, -0.1) is 0 Å². The van der Waals surface area contributed by atoms with E-state index < -0.39 is 0 Å². The number of anilines is 1. The van der Waals surface area contributed by atoms with Crippen molar-refractivity contribution in [3.8, 4) is 11.5 Å². The van der Waals surface area contributed by atoms with Gasteiger partial charge in [0, 0.05) is 12.7 Å². The van der Waals surface area contributed by atoms with Crippen molar-refractivity contribution in [3.05, 3.63) is 54.1 Å². The zero-order valence-electron chi connectivity index (χ0n) is 14.2. The van der Waals surface area contributed by atoms with Crippen LogP contribution in [0.1, 0.15) is 18.4 Å². The molecule has 5 nitrogen and oxygen atoms in total. The highest BCUT2D eigenvalue weighted by molar-refractivity contribution is 5.92. The first kappa shape index (κ1) is 16.2. The lowest BCUT2D eigenvalue weighted by molar-refractivity contribution is 0.242. The smallest absolute Gasteiger partial charge is 0.322 e. The van der Waals surface area contributed by atoms with Gasteiger partial charge in [-0.1, -0.05) is 24.3 Å². The average Bonchev–Trinajstić information content (AvgIpc) is 3.41. The van der Waals surface area contributed by atoms with E-state index in [2.05, 4.69) is 5.32 Å². The van der Waals surface area contributed by atoms with Crippen molar-refractivity contribution in [2.45, 2.75) is 18.4 Å². The molecule has 2 aromatic rings. The van der Waals surface area contributed by atoms with Crippen LogP contribution in [0.25, 0.3) is 0 Å². The van der Waals surface area contributed by atoms with Gasteiger partial charge >= 0.3 is 6.03 Å². The Morgan fingerprint density at radius 2 is 1.71 bits per heavy atom. The number of hydrogen-bond acceptors (Lipinski definition) is 3. The molecule has 24 heavy (non-hydrogen) atoms. The van der Waals surface area contributed by atoms with Gasteiger partial charge in [0.15, 0.2) is 11.5 Å². The minimum Gasteiger partial charge on any atom is -0.493 e. The molecular weight excluding hydrogens is 304 g/mol. The van der Waals surface area contributed by atoms with Crippen LogP contribution in [0, 0.1) is 0 Å². The number of para-hydroxylation sites is 1. The molecule has 0 heterocycles. The van der Waals surface area contributed by atoms with Crippen molar-refractivity contribution < 1.29 is 14.3 Å². The number of methoxy groups -OCH3 is 2. The van der Waals surface area contributed by atoms with E-state index in [0.717, 1.165) is 24.1 Å². The van der Waals surface area contributed by atoms with E-state index in [9.17, 15) is 4.79 Å². The fourth-order valence-electron chi connectivity index (χ4n) is 2.80. The van der Waals surface area contributed by atoms with Crippen molar-refractivity contribution in [1.29, 1.82) is 0 Å². The predicted molar refractivity (Wildman–Crippen MR) is 93.8 cm³/mol. The summed E-state index contributed by atoms with van der Waals surface area (Å²) in [6, 6.07) is 15.3. The Morgan fingerprint density at radius 1 is 1.04 bits per heavy atom. The molecule has 2 aromatic carbocycles. The molecule has 0 radical (unpaired) electrons. The molecule has 0 aromatic heterocycles. The van der Waals surface area contributed by atoms with Crippen LogP contribution in [0.4, 0.5) is 10.5 Å². The van der Waals surface area contributed by atoms with Crippen LogP contribution >= 0.6 is 0 Å². The summed E-state index contributed by atoms with van der Waals surface area (Å²) in [6.07, 6.45) is 1.83. The van der Waals surface area contributed by atoms with Crippen LogP contribution in [-0.4, -0.2) is 27.3 Å². The number of rotatable bonds is 5. The second-order valence-electron chi connectivity index (χ2n) is 5.98. The molecule has 1 saturated carbocycles. The van der Waals surface area contributed by atoms with E-state index in [1.54, 1.807) is 26.2 Å². The highest BCUT2D eigenvalue weighted by Crippen LogP contribution is 2.47. The van der Waals surface area contributed by atoms with E-state index in [1.807, 2.05) is 48.5 Å². The number of amides is 2. The second kappa shape index (κ2) is 6.43. The van der Waals surface area contributed by atoms with Crippen LogP contribution < -0.4 is 19.7 Å². The zero-order chi connectivity index (χ0) is 17.2. The molecule has 0 spiro atoms. The molecule has 5 heteroatoms. The number of ether oxygens (including phenoxy) is 2. The molecule has 2 amide bonds.